The molecule has 24 heavy (non-hydrogen) atoms. The van der Waals surface area contributed by atoms with Crippen molar-refractivity contribution in [3.8, 4) is 0 Å². The Morgan fingerprint density at radius 2 is 1.96 bits per heavy atom. The number of ether oxygens (including phenoxy) is 1. The highest BCUT2D eigenvalue weighted by atomic mass is 19.1. The van der Waals surface area contributed by atoms with Gasteiger partial charge in [0.2, 0.25) is 5.91 Å². The summed E-state index contributed by atoms with van der Waals surface area (Å²) in [7, 11) is 0. The van der Waals surface area contributed by atoms with Gasteiger partial charge in [0.15, 0.2) is 0 Å². The molecule has 1 aromatic carbocycles. The maximum Gasteiger partial charge on any atom is 0.239 e. The van der Waals surface area contributed by atoms with Gasteiger partial charge < -0.3 is 15.4 Å². The lowest BCUT2D eigenvalue weighted by Gasteiger charge is -2.36. The SMILES string of the molecule is NC(C(=O)N1CCC(Cc2cccc(F)c2)CC1)C1CCOCC1. The predicted molar refractivity (Wildman–Crippen MR) is 90.9 cm³/mol. The van der Waals surface area contributed by atoms with Crippen molar-refractivity contribution in [2.75, 3.05) is 26.3 Å². The number of carbonyl (C=O) groups is 1. The second kappa shape index (κ2) is 8.08. The van der Waals surface area contributed by atoms with Gasteiger partial charge in [0.1, 0.15) is 5.82 Å². The molecule has 1 atom stereocenters. The van der Waals surface area contributed by atoms with Gasteiger partial charge >= 0.3 is 0 Å². The van der Waals surface area contributed by atoms with Gasteiger partial charge in [-0.2, -0.15) is 0 Å². The standard InChI is InChI=1S/C19H27FN2O2/c20-17-3-1-2-15(13-17)12-14-4-8-22(9-5-14)19(23)18(21)16-6-10-24-11-7-16/h1-3,13-14,16,18H,4-12,21H2. The van der Waals surface area contributed by atoms with Crippen molar-refractivity contribution in [3.05, 3.63) is 35.6 Å². The first-order valence-electron chi connectivity index (χ1n) is 9.00. The third kappa shape index (κ3) is 4.33. The van der Waals surface area contributed by atoms with Crippen LogP contribution in [0.4, 0.5) is 4.39 Å². The molecule has 2 aliphatic heterocycles. The first-order chi connectivity index (χ1) is 11.6. The maximum atomic E-state index is 13.3. The van der Waals surface area contributed by atoms with Crippen LogP contribution in [-0.2, 0) is 16.0 Å². The Morgan fingerprint density at radius 3 is 2.62 bits per heavy atom. The van der Waals surface area contributed by atoms with Gasteiger partial charge in [-0.25, -0.2) is 4.39 Å². The van der Waals surface area contributed by atoms with Crippen LogP contribution >= 0.6 is 0 Å². The molecule has 0 saturated carbocycles. The number of hydrogen-bond donors (Lipinski definition) is 1. The largest absolute Gasteiger partial charge is 0.381 e. The number of likely N-dealkylation sites (tertiary alicyclic amines) is 1. The van der Waals surface area contributed by atoms with Gasteiger partial charge in [0, 0.05) is 26.3 Å². The molecule has 5 heteroatoms. The van der Waals surface area contributed by atoms with E-state index >= 15 is 0 Å². The second-order valence-corrected chi connectivity index (χ2v) is 7.08. The first-order valence-corrected chi connectivity index (χ1v) is 9.00. The van der Waals surface area contributed by atoms with Crippen LogP contribution in [0.1, 0.15) is 31.2 Å². The summed E-state index contributed by atoms with van der Waals surface area (Å²) in [4.78, 5) is 14.5. The second-order valence-electron chi connectivity index (χ2n) is 7.08. The number of nitrogens with zero attached hydrogens (tertiary/aromatic N) is 1. The van der Waals surface area contributed by atoms with Gasteiger partial charge in [-0.05, 0) is 61.6 Å². The zero-order chi connectivity index (χ0) is 16.9. The van der Waals surface area contributed by atoms with Crippen molar-refractivity contribution in [2.24, 2.45) is 17.6 Å². The fraction of sp³-hybridized carbons (Fsp3) is 0.632. The van der Waals surface area contributed by atoms with E-state index in [1.807, 2.05) is 11.0 Å². The van der Waals surface area contributed by atoms with E-state index in [0.29, 0.717) is 19.1 Å². The Morgan fingerprint density at radius 1 is 1.25 bits per heavy atom. The summed E-state index contributed by atoms with van der Waals surface area (Å²) in [6, 6.07) is 6.42. The molecule has 0 radical (unpaired) electrons. The van der Waals surface area contributed by atoms with Crippen LogP contribution in [0.2, 0.25) is 0 Å². The fourth-order valence-corrected chi connectivity index (χ4v) is 3.84. The van der Waals surface area contributed by atoms with Crippen LogP contribution in [-0.4, -0.2) is 43.2 Å². The van der Waals surface area contributed by atoms with Crippen molar-refractivity contribution in [1.82, 2.24) is 4.90 Å². The molecule has 0 bridgehead atoms. The van der Waals surface area contributed by atoms with Crippen molar-refractivity contribution in [2.45, 2.75) is 38.1 Å². The summed E-state index contributed by atoms with van der Waals surface area (Å²) in [5.74, 6) is 0.667. The van der Waals surface area contributed by atoms with Gasteiger partial charge in [-0.15, -0.1) is 0 Å². The molecule has 2 saturated heterocycles. The van der Waals surface area contributed by atoms with Crippen molar-refractivity contribution in [3.63, 3.8) is 0 Å². The molecular weight excluding hydrogens is 307 g/mol. The Bertz CT molecular complexity index is 552. The van der Waals surface area contributed by atoms with E-state index in [9.17, 15) is 9.18 Å². The van der Waals surface area contributed by atoms with Crippen LogP contribution in [0.3, 0.4) is 0 Å². The lowest BCUT2D eigenvalue weighted by molar-refractivity contribution is -0.136. The Hall–Kier alpha value is -1.46. The fourth-order valence-electron chi connectivity index (χ4n) is 3.84. The zero-order valence-corrected chi connectivity index (χ0v) is 14.1. The number of halogens is 1. The Labute approximate surface area is 143 Å². The number of piperidine rings is 1. The molecule has 0 aliphatic carbocycles. The van der Waals surface area contributed by atoms with Gasteiger partial charge in [0.25, 0.3) is 0 Å². The van der Waals surface area contributed by atoms with E-state index in [1.54, 1.807) is 12.1 Å². The summed E-state index contributed by atoms with van der Waals surface area (Å²) in [5.41, 5.74) is 7.25. The molecule has 4 nitrogen and oxygen atoms in total. The number of rotatable bonds is 4. The minimum atomic E-state index is -0.395. The molecule has 0 spiro atoms. The van der Waals surface area contributed by atoms with Crippen molar-refractivity contribution in [1.29, 1.82) is 0 Å². The third-order valence-corrected chi connectivity index (χ3v) is 5.40. The molecule has 1 unspecified atom stereocenters. The summed E-state index contributed by atoms with van der Waals surface area (Å²) in [5, 5.41) is 0. The quantitative estimate of drug-likeness (QED) is 0.920. The van der Waals surface area contributed by atoms with E-state index < -0.39 is 6.04 Å². The predicted octanol–water partition coefficient (Wildman–Crippen LogP) is 2.36. The lowest BCUT2D eigenvalue weighted by atomic mass is 9.88. The molecule has 2 N–H and O–H groups in total. The monoisotopic (exact) mass is 334 g/mol. The maximum absolute atomic E-state index is 13.3. The van der Waals surface area contributed by atoms with Crippen LogP contribution in [0, 0.1) is 17.7 Å². The highest BCUT2D eigenvalue weighted by Crippen LogP contribution is 2.24. The third-order valence-electron chi connectivity index (χ3n) is 5.40. The average Bonchev–Trinajstić information content (AvgIpc) is 2.62. The number of hydrogen-bond acceptors (Lipinski definition) is 3. The van der Waals surface area contributed by atoms with Crippen LogP contribution < -0.4 is 5.73 Å². The van der Waals surface area contributed by atoms with E-state index in [4.69, 9.17) is 10.5 Å². The highest BCUT2D eigenvalue weighted by molar-refractivity contribution is 5.82. The first kappa shape index (κ1) is 17.4. The molecule has 3 rings (SSSR count). The van der Waals surface area contributed by atoms with E-state index in [2.05, 4.69) is 0 Å². The molecule has 1 aromatic rings. The zero-order valence-electron chi connectivity index (χ0n) is 14.1. The van der Waals surface area contributed by atoms with Gasteiger partial charge in [0.05, 0.1) is 6.04 Å². The van der Waals surface area contributed by atoms with E-state index in [-0.39, 0.29) is 17.6 Å². The van der Waals surface area contributed by atoms with Gasteiger partial charge in [-0.1, -0.05) is 12.1 Å². The van der Waals surface area contributed by atoms with Gasteiger partial charge in [-0.3, -0.25) is 4.79 Å². The average molecular weight is 334 g/mol. The van der Waals surface area contributed by atoms with Crippen LogP contribution in [0.5, 0.6) is 0 Å². The molecule has 0 aromatic heterocycles. The molecule has 1 amide bonds. The molecular formula is C19H27FN2O2. The van der Waals surface area contributed by atoms with Crippen LogP contribution in [0.15, 0.2) is 24.3 Å². The Kier molecular flexibility index (Phi) is 5.85. The number of benzene rings is 1. The topological polar surface area (TPSA) is 55.6 Å². The minimum absolute atomic E-state index is 0.0890. The molecule has 2 heterocycles. The molecule has 2 aliphatic rings. The van der Waals surface area contributed by atoms with Crippen molar-refractivity contribution < 1.29 is 13.9 Å². The minimum Gasteiger partial charge on any atom is -0.381 e. The highest BCUT2D eigenvalue weighted by Gasteiger charge is 2.31. The summed E-state index contributed by atoms with van der Waals surface area (Å²) >= 11 is 0. The lowest BCUT2D eigenvalue weighted by Crippen LogP contribution is -2.51. The number of amides is 1. The van der Waals surface area contributed by atoms with E-state index in [1.165, 1.54) is 6.07 Å². The van der Waals surface area contributed by atoms with E-state index in [0.717, 1.165) is 50.8 Å². The summed E-state index contributed by atoms with van der Waals surface area (Å²) in [6.45, 7) is 2.94. The summed E-state index contributed by atoms with van der Waals surface area (Å²) in [6.07, 6.45) is 4.56. The number of nitrogens with two attached hydrogens (primary N) is 1. The molecule has 132 valence electrons. The Balaban J connectivity index is 1.48. The number of carbonyl (C=O) groups excluding carboxylic acids is 1. The molecule has 2 fully saturated rings. The summed E-state index contributed by atoms with van der Waals surface area (Å²) < 4.78 is 18.6. The van der Waals surface area contributed by atoms with Crippen molar-refractivity contribution >= 4 is 5.91 Å². The smallest absolute Gasteiger partial charge is 0.239 e. The normalized spacial score (nSPS) is 21.7. The van der Waals surface area contributed by atoms with Crippen LogP contribution in [0.25, 0.3) is 0 Å².